The summed E-state index contributed by atoms with van der Waals surface area (Å²) in [6.07, 6.45) is -0.257. The van der Waals surface area contributed by atoms with Gasteiger partial charge in [-0.3, -0.25) is 91.0 Å². The lowest BCUT2D eigenvalue weighted by Gasteiger charge is -2.05. The van der Waals surface area contributed by atoms with E-state index < -0.39 is 107 Å². The van der Waals surface area contributed by atoms with Gasteiger partial charge in [-0.25, -0.2) is 0 Å². The van der Waals surface area contributed by atoms with Crippen LogP contribution in [0.2, 0.25) is 0 Å². The topological polar surface area (TPSA) is 388 Å². The van der Waals surface area contributed by atoms with Crippen molar-refractivity contribution in [2.24, 2.45) is 0 Å². The summed E-state index contributed by atoms with van der Waals surface area (Å²) in [5.41, 5.74) is -22.1. The van der Waals surface area contributed by atoms with Crippen LogP contribution in [-0.4, -0.2) is 44.3 Å². The van der Waals surface area contributed by atoms with Gasteiger partial charge in [-0.1, -0.05) is 0 Å². The second-order valence-electron chi connectivity index (χ2n) is 6.83. The maximum atomic E-state index is 11.7. The van der Waals surface area contributed by atoms with E-state index in [1.165, 1.54) is 0 Å². The summed E-state index contributed by atoms with van der Waals surface area (Å²) in [6, 6.07) is -0.158. The highest BCUT2D eigenvalue weighted by atomic mass is 16.7. The average Bonchev–Trinajstić information content (AvgIpc) is 2.83. The van der Waals surface area contributed by atoms with Gasteiger partial charge in [0.1, 0.15) is 17.2 Å². The van der Waals surface area contributed by atoms with Crippen LogP contribution in [0.15, 0.2) is 6.07 Å². The van der Waals surface area contributed by atoms with E-state index in [1.54, 1.807) is 0 Å². The van der Waals surface area contributed by atoms with Gasteiger partial charge in [-0.2, -0.15) is 0 Å². The molecule has 27 heteroatoms. The molecule has 41 heavy (non-hydrogen) atoms. The Kier molecular flexibility index (Phi) is 7.79. The van der Waals surface area contributed by atoms with Gasteiger partial charge >= 0.3 is 45.5 Å². The van der Waals surface area contributed by atoms with Crippen LogP contribution in [0.3, 0.4) is 0 Å². The molecule has 0 saturated carbocycles. The van der Waals surface area contributed by atoms with Gasteiger partial charge in [0.2, 0.25) is 0 Å². The lowest BCUT2D eigenvalue weighted by atomic mass is 10.0. The SMILES string of the molecule is O=[N+]([O-])c1cc([N+](=O)[O-])c([N+](=O)[O-])c([N+](=O)[O-])c1C=Cc1c([N+](=O)[O-])c([N+](=O)[O-])c([N+](=O)[O-])c([N+](=O)[O-])c1[N+](=O)[O-]. The molecule has 0 radical (unpaired) electrons. The van der Waals surface area contributed by atoms with Crippen molar-refractivity contribution in [3.05, 3.63) is 108 Å². The zero-order valence-electron chi connectivity index (χ0n) is 18.6. The minimum Gasteiger partial charge on any atom is -0.258 e. The van der Waals surface area contributed by atoms with Crippen molar-refractivity contribution in [2.75, 3.05) is 0 Å². The molecule has 0 aliphatic rings. The highest BCUT2D eigenvalue weighted by molar-refractivity contribution is 5.95. The first-order valence-electron chi connectivity index (χ1n) is 9.29. The molecule has 2 aromatic carbocycles. The molecule has 2 rings (SSSR count). The van der Waals surface area contributed by atoms with Crippen molar-refractivity contribution in [3.8, 4) is 0 Å². The summed E-state index contributed by atoms with van der Waals surface area (Å²) in [5.74, 6) is 0. The molecule has 0 saturated heterocycles. The zero-order chi connectivity index (χ0) is 31.7. The Bertz CT molecular complexity index is 1640. The molecule has 0 fully saturated rings. The highest BCUT2D eigenvalue weighted by Crippen LogP contribution is 2.53. The van der Waals surface area contributed by atoms with Crippen molar-refractivity contribution in [1.29, 1.82) is 0 Å². The van der Waals surface area contributed by atoms with Crippen LogP contribution < -0.4 is 0 Å². The van der Waals surface area contributed by atoms with Gasteiger partial charge in [0.05, 0.1) is 44.3 Å². The first kappa shape index (κ1) is 30.0. The Morgan fingerprint density at radius 2 is 0.610 bits per heavy atom. The van der Waals surface area contributed by atoms with Crippen LogP contribution in [0.5, 0.6) is 0 Å². The molecule has 0 aromatic heterocycles. The maximum Gasteiger partial charge on any atom is 0.437 e. The fourth-order valence-electron chi connectivity index (χ4n) is 3.38. The lowest BCUT2D eigenvalue weighted by molar-refractivity contribution is -0.460. The van der Waals surface area contributed by atoms with Crippen molar-refractivity contribution in [1.82, 2.24) is 0 Å². The molecule has 2 aromatic rings. The second kappa shape index (κ2) is 10.6. The van der Waals surface area contributed by atoms with Gasteiger partial charge in [-0.15, -0.1) is 0 Å². The molecule has 27 nitrogen and oxygen atoms in total. The number of hydrogen-bond acceptors (Lipinski definition) is 18. The molecule has 212 valence electrons. The Morgan fingerprint density at radius 3 is 0.902 bits per heavy atom. The van der Waals surface area contributed by atoms with Gasteiger partial charge in [0, 0.05) is 0 Å². The summed E-state index contributed by atoms with van der Waals surface area (Å²) in [4.78, 5) is 87.4. The van der Waals surface area contributed by atoms with Crippen LogP contribution in [-0.2, 0) is 0 Å². The molecule has 0 aliphatic heterocycles. The Morgan fingerprint density at radius 1 is 0.341 bits per heavy atom. The number of nitrogens with zero attached hydrogens (tertiary/aromatic N) is 9. The molecular formula is C14H3N9O18. The summed E-state index contributed by atoms with van der Waals surface area (Å²) in [6.45, 7) is 0. The van der Waals surface area contributed by atoms with Crippen LogP contribution in [0, 0.1) is 91.0 Å². The number of nitro groups is 9. The third kappa shape index (κ3) is 5.13. The van der Waals surface area contributed by atoms with E-state index >= 15 is 0 Å². The third-order valence-electron chi connectivity index (χ3n) is 4.77. The summed E-state index contributed by atoms with van der Waals surface area (Å²) < 4.78 is 0. The quantitative estimate of drug-likeness (QED) is 0.207. The Hall–Kier alpha value is -7.22. The number of rotatable bonds is 11. The normalized spacial score (nSPS) is 10.6. The fraction of sp³-hybridized carbons (Fsp3) is 0. The van der Waals surface area contributed by atoms with Crippen LogP contribution in [0.4, 0.5) is 51.2 Å². The average molecular weight is 585 g/mol. The standard InChI is InChI=1S/C14H3N9O18/c24-15(25)6-3-7(16(26)27)11(20(34)35)8(17(28)29)4(6)1-2-5-9(18(30)31)12(21(36)37)14(23(40)41)13(22(38)39)10(5)19(32)33/h1-3H. The number of benzene rings is 2. The molecule has 0 bridgehead atoms. The molecular weight excluding hydrogens is 582 g/mol. The predicted octanol–water partition coefficient (Wildman–Crippen LogP) is 3.03. The number of nitro benzene ring substituents is 9. The van der Waals surface area contributed by atoms with Crippen molar-refractivity contribution in [2.45, 2.75) is 0 Å². The minimum absolute atomic E-state index is 0.0956. The van der Waals surface area contributed by atoms with Gasteiger partial charge < -0.3 is 0 Å². The molecule has 0 amide bonds. The van der Waals surface area contributed by atoms with Gasteiger partial charge in [0.15, 0.2) is 0 Å². The highest BCUT2D eigenvalue weighted by Gasteiger charge is 2.54. The Labute approximate surface area is 216 Å². The smallest absolute Gasteiger partial charge is 0.258 e. The van der Waals surface area contributed by atoms with Crippen molar-refractivity contribution >= 4 is 63.3 Å². The molecule has 0 atom stereocenters. The van der Waals surface area contributed by atoms with Crippen LogP contribution >= 0.6 is 0 Å². The molecule has 0 aliphatic carbocycles. The summed E-state index contributed by atoms with van der Waals surface area (Å²) in [7, 11) is 0. The van der Waals surface area contributed by atoms with Crippen molar-refractivity contribution in [3.63, 3.8) is 0 Å². The second-order valence-corrected chi connectivity index (χ2v) is 6.83. The molecule has 0 spiro atoms. The van der Waals surface area contributed by atoms with E-state index in [9.17, 15) is 91.0 Å². The third-order valence-corrected chi connectivity index (χ3v) is 4.77. The van der Waals surface area contributed by atoms with Gasteiger partial charge in [0.25, 0.3) is 5.69 Å². The summed E-state index contributed by atoms with van der Waals surface area (Å²) in [5, 5.41) is 103. The van der Waals surface area contributed by atoms with Crippen LogP contribution in [0.1, 0.15) is 11.1 Å². The Balaban J connectivity index is 3.36. The van der Waals surface area contributed by atoms with E-state index in [2.05, 4.69) is 0 Å². The fourth-order valence-corrected chi connectivity index (χ4v) is 3.38. The summed E-state index contributed by atoms with van der Waals surface area (Å²) >= 11 is 0. The largest absolute Gasteiger partial charge is 0.437 e. The van der Waals surface area contributed by atoms with E-state index in [1.807, 2.05) is 0 Å². The monoisotopic (exact) mass is 585 g/mol. The molecule has 0 N–H and O–H groups in total. The molecule has 0 heterocycles. The maximum absolute atomic E-state index is 11.7. The number of hydrogen-bond donors (Lipinski definition) is 0. The van der Waals surface area contributed by atoms with Crippen LogP contribution in [0.25, 0.3) is 12.2 Å². The first-order valence-corrected chi connectivity index (χ1v) is 9.29. The van der Waals surface area contributed by atoms with Gasteiger partial charge in [-0.05, 0) is 12.2 Å². The minimum atomic E-state index is -2.32. The first-order chi connectivity index (χ1) is 18.9. The van der Waals surface area contributed by atoms with E-state index in [0.29, 0.717) is 0 Å². The van der Waals surface area contributed by atoms with Crippen molar-refractivity contribution < 1.29 is 44.3 Å². The van der Waals surface area contributed by atoms with E-state index in [0.717, 1.165) is 0 Å². The molecule has 0 unspecified atom stereocenters. The zero-order valence-corrected chi connectivity index (χ0v) is 18.6. The van der Waals surface area contributed by atoms with E-state index in [-0.39, 0.29) is 18.2 Å². The predicted molar refractivity (Wildman–Crippen MR) is 122 cm³/mol. The lowest BCUT2D eigenvalue weighted by Crippen LogP contribution is -2.10. The van der Waals surface area contributed by atoms with E-state index in [4.69, 9.17) is 0 Å².